The highest BCUT2D eigenvalue weighted by molar-refractivity contribution is 5.28. The maximum absolute atomic E-state index is 8.92. The van der Waals surface area contributed by atoms with Crippen LogP contribution in [-0.4, -0.2) is 18.3 Å². The summed E-state index contributed by atoms with van der Waals surface area (Å²) in [7, 11) is 0. The zero-order chi connectivity index (χ0) is 10.2. The molecule has 1 saturated heterocycles. The van der Waals surface area contributed by atoms with Crippen molar-refractivity contribution in [2.75, 3.05) is 6.61 Å². The van der Waals surface area contributed by atoms with Crippen LogP contribution in [0.25, 0.3) is 0 Å². The van der Waals surface area contributed by atoms with E-state index >= 15 is 0 Å². The summed E-state index contributed by atoms with van der Waals surface area (Å²) < 4.78 is 11.2. The van der Waals surface area contributed by atoms with Gasteiger partial charge < -0.3 is 9.47 Å². The van der Waals surface area contributed by atoms with E-state index < -0.39 is 0 Å². The maximum Gasteiger partial charge on any atom is 0.108 e. The molecule has 0 unspecified atom stereocenters. The number of rotatable bonds is 0. The van der Waals surface area contributed by atoms with Gasteiger partial charge in [0.25, 0.3) is 0 Å². The lowest BCUT2D eigenvalue weighted by atomic mass is 9.77. The van der Waals surface area contributed by atoms with Crippen LogP contribution in [0.4, 0.5) is 0 Å². The highest BCUT2D eigenvalue weighted by Gasteiger charge is 2.44. The van der Waals surface area contributed by atoms with E-state index in [9.17, 15) is 0 Å². The molecule has 2 rings (SSSR count). The van der Waals surface area contributed by atoms with Crippen LogP contribution in [0.15, 0.2) is 11.8 Å². The van der Waals surface area contributed by atoms with Gasteiger partial charge in [-0.15, -0.1) is 0 Å². The number of fused-ring (bicyclic) bond motifs is 1. The Morgan fingerprint density at radius 2 is 2.36 bits per heavy atom. The molecule has 0 saturated carbocycles. The predicted octanol–water partition coefficient (Wildman–Crippen LogP) is 2.00. The van der Waals surface area contributed by atoms with Gasteiger partial charge in [0.1, 0.15) is 24.0 Å². The quantitative estimate of drug-likeness (QED) is 0.591. The summed E-state index contributed by atoms with van der Waals surface area (Å²) >= 11 is 0. The Kier molecular flexibility index (Phi) is 2.24. The number of nitrogens with zero attached hydrogens (tertiary/aromatic N) is 1. The first-order chi connectivity index (χ1) is 6.65. The lowest BCUT2D eigenvalue weighted by Crippen LogP contribution is -2.48. The van der Waals surface area contributed by atoms with Crippen LogP contribution in [-0.2, 0) is 9.47 Å². The Labute approximate surface area is 84.3 Å². The highest BCUT2D eigenvalue weighted by Crippen LogP contribution is 2.39. The molecule has 2 atom stereocenters. The first kappa shape index (κ1) is 9.54. The Morgan fingerprint density at radius 3 is 3.07 bits per heavy atom. The minimum atomic E-state index is -0.203. The van der Waals surface area contributed by atoms with Crippen molar-refractivity contribution >= 4 is 0 Å². The van der Waals surface area contributed by atoms with E-state index in [4.69, 9.17) is 14.7 Å². The molecule has 0 N–H and O–H groups in total. The molecule has 76 valence electrons. The van der Waals surface area contributed by atoms with E-state index in [1.54, 1.807) is 6.26 Å². The minimum absolute atomic E-state index is 0.0440. The Morgan fingerprint density at radius 1 is 1.57 bits per heavy atom. The molecule has 0 spiro atoms. The Hall–Kier alpha value is -1.01. The summed E-state index contributed by atoms with van der Waals surface area (Å²) in [6, 6.07) is 2.15. The van der Waals surface area contributed by atoms with Crippen LogP contribution in [0.1, 0.15) is 26.7 Å². The Bertz CT molecular complexity index is 301. The maximum atomic E-state index is 8.92. The molecule has 0 radical (unpaired) electrons. The van der Waals surface area contributed by atoms with Crippen molar-refractivity contribution in [3.63, 3.8) is 0 Å². The summed E-state index contributed by atoms with van der Waals surface area (Å²) in [5, 5.41) is 8.92. The molecule has 0 aromatic heterocycles. The van der Waals surface area contributed by atoms with E-state index in [0.29, 0.717) is 11.5 Å². The van der Waals surface area contributed by atoms with Crippen molar-refractivity contribution < 1.29 is 9.47 Å². The molecule has 3 heteroatoms. The third-order valence-electron chi connectivity index (χ3n) is 3.14. The van der Waals surface area contributed by atoms with Crippen molar-refractivity contribution in [3.05, 3.63) is 11.8 Å². The van der Waals surface area contributed by atoms with Crippen LogP contribution in [0, 0.1) is 17.2 Å². The normalized spacial score (nSPS) is 34.8. The lowest BCUT2D eigenvalue weighted by molar-refractivity contribution is -0.113. The Balaban J connectivity index is 2.30. The van der Waals surface area contributed by atoms with Crippen molar-refractivity contribution in [1.29, 1.82) is 5.26 Å². The SMILES string of the molecule is CC1(C)OC=C(C#N)[C@H]2OCCC[C@@H]21. The van der Waals surface area contributed by atoms with Gasteiger partial charge in [0.15, 0.2) is 0 Å². The van der Waals surface area contributed by atoms with Gasteiger partial charge in [0, 0.05) is 12.5 Å². The first-order valence-electron chi connectivity index (χ1n) is 5.05. The van der Waals surface area contributed by atoms with E-state index in [1.807, 2.05) is 0 Å². The van der Waals surface area contributed by atoms with Crippen molar-refractivity contribution in [1.82, 2.24) is 0 Å². The van der Waals surface area contributed by atoms with E-state index in [-0.39, 0.29) is 11.7 Å². The fraction of sp³-hybridized carbons (Fsp3) is 0.727. The van der Waals surface area contributed by atoms with Crippen molar-refractivity contribution in [2.45, 2.75) is 38.4 Å². The van der Waals surface area contributed by atoms with Gasteiger partial charge in [0.2, 0.25) is 0 Å². The summed E-state index contributed by atoms with van der Waals surface area (Å²) in [5.74, 6) is 0.316. The summed E-state index contributed by atoms with van der Waals surface area (Å²) in [4.78, 5) is 0. The zero-order valence-corrected chi connectivity index (χ0v) is 8.62. The number of hydrogen-bond donors (Lipinski definition) is 0. The molecular weight excluding hydrogens is 178 g/mol. The molecule has 14 heavy (non-hydrogen) atoms. The minimum Gasteiger partial charge on any atom is -0.494 e. The third-order valence-corrected chi connectivity index (χ3v) is 3.14. The smallest absolute Gasteiger partial charge is 0.108 e. The molecule has 2 aliphatic heterocycles. The summed E-state index contributed by atoms with van der Waals surface area (Å²) in [5.41, 5.74) is 0.430. The fourth-order valence-electron chi connectivity index (χ4n) is 2.26. The van der Waals surface area contributed by atoms with Crippen LogP contribution in [0.3, 0.4) is 0 Å². The largest absolute Gasteiger partial charge is 0.494 e. The van der Waals surface area contributed by atoms with E-state index in [2.05, 4.69) is 19.9 Å². The molecule has 2 heterocycles. The van der Waals surface area contributed by atoms with Gasteiger partial charge in [-0.25, -0.2) is 0 Å². The zero-order valence-electron chi connectivity index (χ0n) is 8.62. The van der Waals surface area contributed by atoms with Crippen LogP contribution in [0.2, 0.25) is 0 Å². The number of nitriles is 1. The van der Waals surface area contributed by atoms with Crippen molar-refractivity contribution in [2.24, 2.45) is 5.92 Å². The second-order valence-corrected chi connectivity index (χ2v) is 4.45. The van der Waals surface area contributed by atoms with Gasteiger partial charge in [-0.3, -0.25) is 0 Å². The standard InChI is InChI=1S/C11H15NO2/c1-11(2)9-4-3-5-13-10(9)8(6-12)7-14-11/h7,9-10H,3-5H2,1-2H3/t9-,10+/m0/s1. The fourth-order valence-corrected chi connectivity index (χ4v) is 2.26. The number of ether oxygens (including phenoxy) is 2. The molecule has 1 fully saturated rings. The molecule has 3 nitrogen and oxygen atoms in total. The third kappa shape index (κ3) is 1.40. The van der Waals surface area contributed by atoms with Gasteiger partial charge in [0.05, 0.1) is 5.57 Å². The number of hydrogen-bond acceptors (Lipinski definition) is 3. The molecule has 2 aliphatic rings. The van der Waals surface area contributed by atoms with Gasteiger partial charge >= 0.3 is 0 Å². The van der Waals surface area contributed by atoms with Crippen LogP contribution in [0.5, 0.6) is 0 Å². The van der Waals surface area contributed by atoms with E-state index in [1.165, 1.54) is 0 Å². The average Bonchev–Trinajstić information content (AvgIpc) is 2.18. The summed E-state index contributed by atoms with van der Waals surface area (Å²) in [6.07, 6.45) is 3.66. The van der Waals surface area contributed by atoms with Crippen molar-refractivity contribution in [3.8, 4) is 6.07 Å². The summed E-state index contributed by atoms with van der Waals surface area (Å²) in [6.45, 7) is 4.88. The second kappa shape index (κ2) is 3.29. The van der Waals surface area contributed by atoms with Gasteiger partial charge in [-0.2, -0.15) is 5.26 Å². The van der Waals surface area contributed by atoms with E-state index in [0.717, 1.165) is 19.4 Å². The molecule has 0 aromatic carbocycles. The molecule has 0 amide bonds. The average molecular weight is 193 g/mol. The van der Waals surface area contributed by atoms with Crippen LogP contribution >= 0.6 is 0 Å². The predicted molar refractivity (Wildman–Crippen MR) is 51.3 cm³/mol. The first-order valence-corrected chi connectivity index (χ1v) is 5.05. The van der Waals surface area contributed by atoms with Crippen LogP contribution < -0.4 is 0 Å². The second-order valence-electron chi connectivity index (χ2n) is 4.45. The molecule has 0 aliphatic carbocycles. The molecule has 0 aromatic rings. The topological polar surface area (TPSA) is 42.2 Å². The van der Waals surface area contributed by atoms with Gasteiger partial charge in [-0.05, 0) is 26.7 Å². The molecular formula is C11H15NO2. The van der Waals surface area contributed by atoms with Gasteiger partial charge in [-0.1, -0.05) is 0 Å². The highest BCUT2D eigenvalue weighted by atomic mass is 16.5. The monoisotopic (exact) mass is 193 g/mol. The molecule has 0 bridgehead atoms. The lowest BCUT2D eigenvalue weighted by Gasteiger charge is -2.44.